The van der Waals surface area contributed by atoms with Crippen LogP contribution in [0.25, 0.3) is 0 Å². The third-order valence-electron chi connectivity index (χ3n) is 3.34. The van der Waals surface area contributed by atoms with Gasteiger partial charge < -0.3 is 4.74 Å². The minimum absolute atomic E-state index is 0.0677. The van der Waals surface area contributed by atoms with Crippen LogP contribution in [0.15, 0.2) is 41.3 Å². The summed E-state index contributed by atoms with van der Waals surface area (Å²) in [5, 5.41) is 0.504. The lowest BCUT2D eigenvalue weighted by Gasteiger charge is -2.10. The van der Waals surface area contributed by atoms with Gasteiger partial charge in [-0.3, -0.25) is 0 Å². The first-order valence-corrected chi connectivity index (χ1v) is 9.18. The van der Waals surface area contributed by atoms with E-state index in [9.17, 15) is 8.42 Å². The van der Waals surface area contributed by atoms with Gasteiger partial charge in [0.1, 0.15) is 12.4 Å². The molecular weight excluding hydrogens is 357 g/mol. The van der Waals surface area contributed by atoms with E-state index in [0.29, 0.717) is 10.8 Å². The second-order valence-corrected chi connectivity index (χ2v) is 7.65. The fourth-order valence-electron chi connectivity index (χ4n) is 1.88. The van der Waals surface area contributed by atoms with Crippen molar-refractivity contribution in [2.75, 3.05) is 13.2 Å². The fourth-order valence-corrected chi connectivity index (χ4v) is 3.28. The summed E-state index contributed by atoms with van der Waals surface area (Å²) in [7, 11) is -3.64. The molecule has 0 amide bonds. The molecule has 0 saturated carbocycles. The molecule has 0 bridgehead atoms. The van der Waals surface area contributed by atoms with E-state index in [0.717, 1.165) is 5.56 Å². The number of hydrogen-bond acceptors (Lipinski definition) is 3. The predicted octanol–water partition coefficient (Wildman–Crippen LogP) is 3.97. The third kappa shape index (κ3) is 4.85. The summed E-state index contributed by atoms with van der Waals surface area (Å²) in [5.41, 5.74) is 2.30. The summed E-state index contributed by atoms with van der Waals surface area (Å²) in [4.78, 5) is 0.0677. The Labute approximate surface area is 146 Å². The molecule has 2 aromatic rings. The van der Waals surface area contributed by atoms with Crippen LogP contribution in [-0.4, -0.2) is 21.6 Å². The molecule has 2 aromatic carbocycles. The Morgan fingerprint density at radius 1 is 1.00 bits per heavy atom. The Bertz CT molecular complexity index is 807. The van der Waals surface area contributed by atoms with Crippen molar-refractivity contribution in [2.24, 2.45) is 0 Å². The minimum Gasteiger partial charge on any atom is -0.492 e. The van der Waals surface area contributed by atoms with E-state index in [4.69, 9.17) is 27.9 Å². The molecule has 0 radical (unpaired) electrons. The summed E-state index contributed by atoms with van der Waals surface area (Å²) in [6.45, 7) is 4.39. The number of aryl methyl sites for hydroxylation is 2. The van der Waals surface area contributed by atoms with Crippen LogP contribution in [0.5, 0.6) is 5.75 Å². The Morgan fingerprint density at radius 2 is 1.74 bits per heavy atom. The van der Waals surface area contributed by atoms with Gasteiger partial charge in [-0.15, -0.1) is 0 Å². The SMILES string of the molecule is Cc1ccc(OCCNS(=O)(=O)c2ccc(Cl)c(Cl)c2)cc1C. The van der Waals surface area contributed by atoms with Crippen molar-refractivity contribution in [3.63, 3.8) is 0 Å². The molecule has 0 spiro atoms. The minimum atomic E-state index is -3.64. The molecule has 4 nitrogen and oxygen atoms in total. The van der Waals surface area contributed by atoms with Crippen LogP contribution in [0.3, 0.4) is 0 Å². The van der Waals surface area contributed by atoms with Gasteiger partial charge in [0, 0.05) is 6.54 Å². The molecule has 1 N–H and O–H groups in total. The largest absolute Gasteiger partial charge is 0.492 e. The van der Waals surface area contributed by atoms with Gasteiger partial charge in [0.25, 0.3) is 0 Å². The second-order valence-electron chi connectivity index (χ2n) is 5.07. The van der Waals surface area contributed by atoms with Gasteiger partial charge in [0.05, 0.1) is 14.9 Å². The molecule has 0 aliphatic rings. The van der Waals surface area contributed by atoms with Crippen molar-refractivity contribution in [3.05, 3.63) is 57.6 Å². The summed E-state index contributed by atoms with van der Waals surface area (Å²) in [6.07, 6.45) is 0. The van der Waals surface area contributed by atoms with Crippen molar-refractivity contribution in [1.82, 2.24) is 4.72 Å². The van der Waals surface area contributed by atoms with E-state index in [2.05, 4.69) is 4.72 Å². The van der Waals surface area contributed by atoms with Gasteiger partial charge in [-0.05, 0) is 55.3 Å². The van der Waals surface area contributed by atoms with Gasteiger partial charge in [-0.2, -0.15) is 0 Å². The number of hydrogen-bond donors (Lipinski definition) is 1. The average Bonchev–Trinajstić information content (AvgIpc) is 2.50. The maximum absolute atomic E-state index is 12.1. The summed E-state index contributed by atoms with van der Waals surface area (Å²) in [6, 6.07) is 9.91. The van der Waals surface area contributed by atoms with Crippen LogP contribution in [0.1, 0.15) is 11.1 Å². The van der Waals surface area contributed by atoms with Crippen LogP contribution in [0.2, 0.25) is 10.0 Å². The molecule has 7 heteroatoms. The van der Waals surface area contributed by atoms with Crippen LogP contribution in [0.4, 0.5) is 0 Å². The van der Waals surface area contributed by atoms with Crippen molar-refractivity contribution < 1.29 is 13.2 Å². The molecule has 23 heavy (non-hydrogen) atoms. The van der Waals surface area contributed by atoms with Gasteiger partial charge in [0.2, 0.25) is 10.0 Å². The Balaban J connectivity index is 1.92. The van der Waals surface area contributed by atoms with Crippen LogP contribution >= 0.6 is 23.2 Å². The third-order valence-corrected chi connectivity index (χ3v) is 5.54. The molecule has 0 heterocycles. The molecule has 0 unspecified atom stereocenters. The van der Waals surface area contributed by atoms with E-state index < -0.39 is 10.0 Å². The zero-order chi connectivity index (χ0) is 17.0. The number of halogens is 2. The topological polar surface area (TPSA) is 55.4 Å². The number of sulfonamides is 1. The number of ether oxygens (including phenoxy) is 1. The average molecular weight is 374 g/mol. The lowest BCUT2D eigenvalue weighted by Crippen LogP contribution is -2.28. The van der Waals surface area contributed by atoms with E-state index in [1.54, 1.807) is 0 Å². The van der Waals surface area contributed by atoms with Gasteiger partial charge >= 0.3 is 0 Å². The summed E-state index contributed by atoms with van der Waals surface area (Å²) >= 11 is 11.6. The summed E-state index contributed by atoms with van der Waals surface area (Å²) < 4.78 is 32.3. The van der Waals surface area contributed by atoms with Crippen LogP contribution in [-0.2, 0) is 10.0 Å². The standard InChI is InChI=1S/C16H17Cl2NO3S/c1-11-3-4-13(9-12(11)2)22-8-7-19-23(20,21)14-5-6-15(17)16(18)10-14/h3-6,9-10,19H,7-8H2,1-2H3. The van der Waals surface area contributed by atoms with E-state index in [1.165, 1.54) is 23.8 Å². The highest BCUT2D eigenvalue weighted by molar-refractivity contribution is 7.89. The second kappa shape index (κ2) is 7.53. The zero-order valence-electron chi connectivity index (χ0n) is 12.8. The predicted molar refractivity (Wildman–Crippen MR) is 93.1 cm³/mol. The highest BCUT2D eigenvalue weighted by Crippen LogP contribution is 2.24. The Morgan fingerprint density at radius 3 is 2.39 bits per heavy atom. The monoisotopic (exact) mass is 373 g/mol. The maximum atomic E-state index is 12.1. The highest BCUT2D eigenvalue weighted by atomic mass is 35.5. The molecule has 0 atom stereocenters. The normalized spacial score (nSPS) is 11.5. The lowest BCUT2D eigenvalue weighted by atomic mass is 10.1. The van der Waals surface area contributed by atoms with Crippen molar-refractivity contribution >= 4 is 33.2 Å². The smallest absolute Gasteiger partial charge is 0.240 e. The number of benzene rings is 2. The first-order valence-electron chi connectivity index (χ1n) is 6.94. The molecule has 0 aliphatic carbocycles. The molecule has 0 saturated heterocycles. The first kappa shape index (κ1) is 18.1. The van der Waals surface area contributed by atoms with Gasteiger partial charge in [-0.25, -0.2) is 13.1 Å². The maximum Gasteiger partial charge on any atom is 0.240 e. The van der Waals surface area contributed by atoms with Crippen molar-refractivity contribution in [3.8, 4) is 5.75 Å². The van der Waals surface area contributed by atoms with E-state index in [1.807, 2.05) is 32.0 Å². The molecule has 124 valence electrons. The number of nitrogens with one attached hydrogen (secondary N) is 1. The van der Waals surface area contributed by atoms with E-state index in [-0.39, 0.29) is 23.1 Å². The molecule has 0 aromatic heterocycles. The summed E-state index contributed by atoms with van der Waals surface area (Å²) in [5.74, 6) is 0.710. The zero-order valence-corrected chi connectivity index (χ0v) is 15.1. The quantitative estimate of drug-likeness (QED) is 0.779. The number of rotatable bonds is 6. The molecule has 2 rings (SSSR count). The van der Waals surface area contributed by atoms with Crippen LogP contribution in [0, 0.1) is 13.8 Å². The first-order chi connectivity index (χ1) is 10.8. The van der Waals surface area contributed by atoms with Crippen molar-refractivity contribution in [2.45, 2.75) is 18.7 Å². The van der Waals surface area contributed by atoms with Gasteiger partial charge in [-0.1, -0.05) is 29.3 Å². The van der Waals surface area contributed by atoms with E-state index >= 15 is 0 Å². The molecule has 0 aliphatic heterocycles. The molecular formula is C16H17Cl2NO3S. The van der Waals surface area contributed by atoms with Gasteiger partial charge in [0.15, 0.2) is 0 Å². The molecule has 0 fully saturated rings. The highest BCUT2D eigenvalue weighted by Gasteiger charge is 2.14. The Kier molecular flexibility index (Phi) is 5.92. The van der Waals surface area contributed by atoms with Crippen molar-refractivity contribution in [1.29, 1.82) is 0 Å². The fraction of sp³-hybridized carbons (Fsp3) is 0.250. The lowest BCUT2D eigenvalue weighted by molar-refractivity contribution is 0.322. The Hall–Kier alpha value is -1.27. The van der Waals surface area contributed by atoms with Crippen LogP contribution < -0.4 is 9.46 Å².